The van der Waals surface area contributed by atoms with Crippen LogP contribution < -0.4 is 10.1 Å². The predicted octanol–water partition coefficient (Wildman–Crippen LogP) is 4.43. The molecular weight excluding hydrogens is 246 g/mol. The molecule has 20 heavy (non-hydrogen) atoms. The van der Waals surface area contributed by atoms with Gasteiger partial charge in [0.05, 0.1) is 7.11 Å². The normalized spacial score (nSPS) is 12.7. The Bertz CT molecular complexity index is 341. The molecule has 1 N–H and O–H groups in total. The summed E-state index contributed by atoms with van der Waals surface area (Å²) in [4.78, 5) is 0. The molecule has 2 nitrogen and oxygen atoms in total. The largest absolute Gasteiger partial charge is 0.497 e. The van der Waals surface area contributed by atoms with Gasteiger partial charge in [-0.25, -0.2) is 0 Å². The molecule has 1 atom stereocenters. The van der Waals surface area contributed by atoms with Crippen LogP contribution in [0.3, 0.4) is 0 Å². The summed E-state index contributed by atoms with van der Waals surface area (Å²) >= 11 is 0. The zero-order valence-corrected chi connectivity index (χ0v) is 13.6. The first kappa shape index (κ1) is 17.0. The van der Waals surface area contributed by atoms with Gasteiger partial charge in [-0.05, 0) is 49.4 Å². The summed E-state index contributed by atoms with van der Waals surface area (Å²) in [6.45, 7) is 7.83. The van der Waals surface area contributed by atoms with Crippen molar-refractivity contribution in [2.24, 2.45) is 5.92 Å². The number of hydrogen-bond acceptors (Lipinski definition) is 2. The van der Waals surface area contributed by atoms with Gasteiger partial charge in [-0.1, -0.05) is 45.7 Å². The number of hydrogen-bond donors (Lipinski definition) is 1. The highest BCUT2D eigenvalue weighted by Crippen LogP contribution is 2.22. The second-order valence-corrected chi connectivity index (χ2v) is 5.55. The van der Waals surface area contributed by atoms with Crippen LogP contribution in [0.1, 0.15) is 52.0 Å². The minimum absolute atomic E-state index is 0.591. The van der Waals surface area contributed by atoms with E-state index >= 15 is 0 Å². The number of ether oxygens (including phenoxy) is 1. The Labute approximate surface area is 124 Å². The predicted molar refractivity (Wildman–Crippen MR) is 87.5 cm³/mol. The molecule has 0 aliphatic heterocycles. The highest BCUT2D eigenvalue weighted by atomic mass is 16.5. The maximum atomic E-state index is 5.23. The van der Waals surface area contributed by atoms with Crippen molar-refractivity contribution < 1.29 is 4.74 Å². The van der Waals surface area contributed by atoms with E-state index in [0.717, 1.165) is 24.6 Å². The Morgan fingerprint density at radius 2 is 1.60 bits per heavy atom. The van der Waals surface area contributed by atoms with Crippen molar-refractivity contribution in [3.8, 4) is 5.75 Å². The average molecular weight is 277 g/mol. The van der Waals surface area contributed by atoms with Gasteiger partial charge in [0, 0.05) is 6.04 Å². The van der Waals surface area contributed by atoms with E-state index in [0.29, 0.717) is 6.04 Å². The minimum Gasteiger partial charge on any atom is -0.497 e. The molecule has 1 aromatic carbocycles. The Morgan fingerprint density at radius 1 is 1.00 bits per heavy atom. The molecular formula is C18H31NO. The zero-order valence-electron chi connectivity index (χ0n) is 13.6. The van der Waals surface area contributed by atoms with Crippen LogP contribution in [0.15, 0.2) is 24.3 Å². The summed E-state index contributed by atoms with van der Waals surface area (Å²) in [7, 11) is 1.72. The van der Waals surface area contributed by atoms with Gasteiger partial charge in [-0.2, -0.15) is 0 Å². The summed E-state index contributed by atoms with van der Waals surface area (Å²) in [6.07, 6.45) is 6.30. The highest BCUT2D eigenvalue weighted by Gasteiger charge is 2.19. The summed E-state index contributed by atoms with van der Waals surface area (Å²) in [6, 6.07) is 9.10. The number of methoxy groups -OCH3 is 1. The lowest BCUT2D eigenvalue weighted by atomic mass is 9.86. The number of rotatable bonds is 10. The molecule has 1 unspecified atom stereocenters. The van der Waals surface area contributed by atoms with Crippen molar-refractivity contribution in [3.05, 3.63) is 29.8 Å². The average Bonchev–Trinajstić information content (AvgIpc) is 2.47. The zero-order chi connectivity index (χ0) is 14.8. The number of nitrogens with one attached hydrogen (secondary N) is 1. The Balaban J connectivity index is 2.72. The van der Waals surface area contributed by atoms with Crippen molar-refractivity contribution >= 4 is 0 Å². The third-order valence-corrected chi connectivity index (χ3v) is 3.97. The van der Waals surface area contributed by atoms with Crippen molar-refractivity contribution in [2.45, 2.75) is 58.9 Å². The second kappa shape index (κ2) is 9.82. The van der Waals surface area contributed by atoms with Gasteiger partial charge in [0.15, 0.2) is 0 Å². The standard InChI is InChI=1S/C18H31NO/c1-5-8-16(9-6-2)18(19-7-3)14-15-10-12-17(20-4)13-11-15/h10-13,16,18-19H,5-9,14H2,1-4H3. The van der Waals surface area contributed by atoms with Crippen LogP contribution in [-0.2, 0) is 6.42 Å². The molecule has 1 rings (SSSR count). The van der Waals surface area contributed by atoms with Crippen LogP contribution in [-0.4, -0.2) is 19.7 Å². The van der Waals surface area contributed by atoms with E-state index in [9.17, 15) is 0 Å². The number of benzene rings is 1. The molecule has 114 valence electrons. The fourth-order valence-electron chi connectivity index (χ4n) is 2.97. The van der Waals surface area contributed by atoms with E-state index < -0.39 is 0 Å². The third-order valence-electron chi connectivity index (χ3n) is 3.97. The Kier molecular flexibility index (Phi) is 8.36. The molecule has 0 bridgehead atoms. The quantitative estimate of drug-likeness (QED) is 0.683. The lowest BCUT2D eigenvalue weighted by Crippen LogP contribution is -2.38. The van der Waals surface area contributed by atoms with Crippen molar-refractivity contribution in [1.82, 2.24) is 5.32 Å². The van der Waals surface area contributed by atoms with E-state index in [2.05, 4.69) is 50.4 Å². The summed E-state index contributed by atoms with van der Waals surface area (Å²) in [5.41, 5.74) is 1.40. The molecule has 2 heteroatoms. The van der Waals surface area contributed by atoms with Crippen molar-refractivity contribution in [1.29, 1.82) is 0 Å². The van der Waals surface area contributed by atoms with Crippen LogP contribution in [0.25, 0.3) is 0 Å². The monoisotopic (exact) mass is 277 g/mol. The van der Waals surface area contributed by atoms with E-state index in [1.54, 1.807) is 7.11 Å². The van der Waals surface area contributed by atoms with E-state index in [4.69, 9.17) is 4.74 Å². The van der Waals surface area contributed by atoms with Crippen molar-refractivity contribution in [2.75, 3.05) is 13.7 Å². The van der Waals surface area contributed by atoms with E-state index in [1.807, 2.05) is 0 Å². The topological polar surface area (TPSA) is 21.3 Å². The summed E-state index contributed by atoms with van der Waals surface area (Å²) in [5.74, 6) is 1.72. The van der Waals surface area contributed by atoms with Gasteiger partial charge < -0.3 is 10.1 Å². The fraction of sp³-hybridized carbons (Fsp3) is 0.667. The fourth-order valence-corrected chi connectivity index (χ4v) is 2.97. The van der Waals surface area contributed by atoms with Gasteiger partial charge in [-0.3, -0.25) is 0 Å². The van der Waals surface area contributed by atoms with Crippen LogP contribution in [0.5, 0.6) is 5.75 Å². The Morgan fingerprint density at radius 3 is 2.05 bits per heavy atom. The molecule has 0 radical (unpaired) electrons. The summed E-state index contributed by atoms with van der Waals surface area (Å²) in [5, 5.41) is 3.70. The van der Waals surface area contributed by atoms with Crippen LogP contribution >= 0.6 is 0 Å². The van der Waals surface area contributed by atoms with Gasteiger partial charge in [-0.15, -0.1) is 0 Å². The van der Waals surface area contributed by atoms with Crippen molar-refractivity contribution in [3.63, 3.8) is 0 Å². The summed E-state index contributed by atoms with van der Waals surface area (Å²) < 4.78 is 5.23. The van der Waals surface area contributed by atoms with Crippen LogP contribution in [0.4, 0.5) is 0 Å². The smallest absolute Gasteiger partial charge is 0.118 e. The maximum absolute atomic E-state index is 5.23. The molecule has 0 aliphatic rings. The van der Waals surface area contributed by atoms with Gasteiger partial charge >= 0.3 is 0 Å². The van der Waals surface area contributed by atoms with Gasteiger partial charge in [0.25, 0.3) is 0 Å². The second-order valence-electron chi connectivity index (χ2n) is 5.55. The first-order valence-electron chi connectivity index (χ1n) is 8.11. The van der Waals surface area contributed by atoms with Crippen LogP contribution in [0, 0.1) is 5.92 Å². The lowest BCUT2D eigenvalue weighted by Gasteiger charge is -2.28. The van der Waals surface area contributed by atoms with Gasteiger partial charge in [0.2, 0.25) is 0 Å². The molecule has 0 saturated carbocycles. The lowest BCUT2D eigenvalue weighted by molar-refractivity contribution is 0.312. The molecule has 1 aromatic rings. The molecule has 0 aromatic heterocycles. The molecule has 0 fully saturated rings. The minimum atomic E-state index is 0.591. The van der Waals surface area contributed by atoms with Gasteiger partial charge in [0.1, 0.15) is 5.75 Å². The van der Waals surface area contributed by atoms with Crippen LogP contribution in [0.2, 0.25) is 0 Å². The van der Waals surface area contributed by atoms with E-state index in [-0.39, 0.29) is 0 Å². The third kappa shape index (κ3) is 5.54. The molecule has 0 aliphatic carbocycles. The molecule has 0 heterocycles. The first-order valence-corrected chi connectivity index (χ1v) is 8.11. The first-order chi connectivity index (χ1) is 9.74. The molecule has 0 amide bonds. The molecule has 0 spiro atoms. The van der Waals surface area contributed by atoms with E-state index in [1.165, 1.54) is 31.2 Å². The maximum Gasteiger partial charge on any atom is 0.118 e. The highest BCUT2D eigenvalue weighted by molar-refractivity contribution is 5.27. The SMILES string of the molecule is CCCC(CCC)C(Cc1ccc(OC)cc1)NCC. The molecule has 0 saturated heterocycles. The Hall–Kier alpha value is -1.02. The number of likely N-dealkylation sites (N-methyl/N-ethyl adjacent to an activating group) is 1.